The van der Waals surface area contributed by atoms with E-state index in [-0.39, 0.29) is 6.61 Å². The third kappa shape index (κ3) is 3.61. The van der Waals surface area contributed by atoms with Gasteiger partial charge in [0.25, 0.3) is 0 Å². The summed E-state index contributed by atoms with van der Waals surface area (Å²) in [5.41, 5.74) is 4.80. The van der Waals surface area contributed by atoms with Gasteiger partial charge in [-0.15, -0.1) is 0 Å². The van der Waals surface area contributed by atoms with Crippen molar-refractivity contribution in [1.82, 2.24) is 0 Å². The van der Waals surface area contributed by atoms with Gasteiger partial charge in [0.1, 0.15) is 0 Å². The molecule has 0 atom stereocenters. The number of hydrogen-bond donors (Lipinski definition) is 1. The summed E-state index contributed by atoms with van der Waals surface area (Å²) < 4.78 is 31.9. The molecule has 3 nitrogen and oxygen atoms in total. The standard InChI is InChI=1S/C5H11NO2/c1-2-8-5(7)3-4-6/h2-4,6H2,1H3/i3D2,4D2. The van der Waals surface area contributed by atoms with Gasteiger partial charge in [-0.05, 0) is 6.92 Å². The van der Waals surface area contributed by atoms with Gasteiger partial charge in [0, 0.05) is 12.0 Å². The van der Waals surface area contributed by atoms with Gasteiger partial charge in [0.05, 0.1) is 13.0 Å². The number of esters is 1. The molecule has 0 bridgehead atoms. The van der Waals surface area contributed by atoms with Crippen LogP contribution in [0.4, 0.5) is 0 Å². The highest BCUT2D eigenvalue weighted by atomic mass is 16.5. The van der Waals surface area contributed by atoms with Crippen molar-refractivity contribution in [2.24, 2.45) is 5.73 Å². The molecule has 0 unspecified atom stereocenters. The second-order valence-electron chi connectivity index (χ2n) is 0.990. The first-order valence-electron chi connectivity index (χ1n) is 4.19. The Labute approximate surface area is 54.4 Å². The summed E-state index contributed by atoms with van der Waals surface area (Å²) in [5.74, 6) is -1.28. The minimum atomic E-state index is -2.80. The first kappa shape index (κ1) is 2.82. The lowest BCUT2D eigenvalue weighted by Gasteiger charge is -1.96. The monoisotopic (exact) mass is 121 g/mol. The van der Waals surface area contributed by atoms with Crippen molar-refractivity contribution in [1.29, 1.82) is 0 Å². The largest absolute Gasteiger partial charge is 0.466 e. The summed E-state index contributed by atoms with van der Waals surface area (Å²) in [6.07, 6.45) is -2.80. The molecular weight excluding hydrogens is 106 g/mol. The second kappa shape index (κ2) is 4.59. The zero-order chi connectivity index (χ0) is 9.99. The van der Waals surface area contributed by atoms with E-state index in [1.807, 2.05) is 0 Å². The Balaban J connectivity index is 4.50. The minimum absolute atomic E-state index is 0.00553. The molecule has 0 radical (unpaired) electrons. The Morgan fingerprint density at radius 3 is 3.00 bits per heavy atom. The number of ether oxygens (including phenoxy) is 1. The van der Waals surface area contributed by atoms with Gasteiger partial charge in [-0.2, -0.15) is 0 Å². The van der Waals surface area contributed by atoms with Crippen LogP contribution in [0.15, 0.2) is 0 Å². The van der Waals surface area contributed by atoms with Crippen molar-refractivity contribution < 1.29 is 15.0 Å². The molecule has 2 N–H and O–H groups in total. The number of rotatable bonds is 3. The zero-order valence-corrected chi connectivity index (χ0v) is 4.60. The van der Waals surface area contributed by atoms with E-state index in [0.717, 1.165) is 0 Å². The molecule has 8 heavy (non-hydrogen) atoms. The Morgan fingerprint density at radius 2 is 2.62 bits per heavy atom. The molecule has 0 rings (SSSR count). The molecule has 0 saturated heterocycles. The van der Waals surface area contributed by atoms with Crippen LogP contribution in [-0.4, -0.2) is 19.1 Å². The molecule has 0 amide bonds. The summed E-state index contributed by atoms with van der Waals surface area (Å²) in [4.78, 5) is 10.8. The molecule has 0 aliphatic rings. The fourth-order valence-electron chi connectivity index (χ4n) is 0.226. The van der Waals surface area contributed by atoms with Crippen LogP contribution in [-0.2, 0) is 9.53 Å². The first-order valence-corrected chi connectivity index (χ1v) is 2.19. The Morgan fingerprint density at radius 1 is 2.00 bits per heavy atom. The van der Waals surface area contributed by atoms with Crippen LogP contribution in [0.1, 0.15) is 18.8 Å². The maximum absolute atomic E-state index is 10.8. The predicted molar refractivity (Wildman–Crippen MR) is 30.3 cm³/mol. The predicted octanol–water partition coefficient (Wildman–Crippen LogP) is -0.102. The van der Waals surface area contributed by atoms with Gasteiger partial charge in [0.2, 0.25) is 0 Å². The summed E-state index contributed by atoms with van der Waals surface area (Å²) in [5, 5.41) is 0. The van der Waals surface area contributed by atoms with Gasteiger partial charge < -0.3 is 10.5 Å². The van der Waals surface area contributed by atoms with E-state index in [1.54, 1.807) is 0 Å². The maximum atomic E-state index is 10.8. The van der Waals surface area contributed by atoms with Crippen LogP contribution in [0.25, 0.3) is 0 Å². The minimum Gasteiger partial charge on any atom is -0.466 e. The molecule has 0 aliphatic heterocycles. The fraction of sp³-hybridized carbons (Fsp3) is 0.800. The van der Waals surface area contributed by atoms with Gasteiger partial charge in [-0.25, -0.2) is 0 Å². The van der Waals surface area contributed by atoms with Crippen LogP contribution >= 0.6 is 0 Å². The molecule has 0 aromatic rings. The van der Waals surface area contributed by atoms with Crippen LogP contribution in [0.2, 0.25) is 0 Å². The summed E-state index contributed by atoms with van der Waals surface area (Å²) >= 11 is 0. The molecule has 0 aromatic heterocycles. The first-order chi connectivity index (χ1) is 5.23. The lowest BCUT2D eigenvalue weighted by atomic mass is 10.4. The van der Waals surface area contributed by atoms with Crippen LogP contribution in [0.3, 0.4) is 0 Å². The molecule has 3 heteroatoms. The molecule has 0 aromatic carbocycles. The van der Waals surface area contributed by atoms with Gasteiger partial charge in [0.15, 0.2) is 0 Å². The lowest BCUT2D eigenvalue weighted by Crippen LogP contribution is -2.10. The van der Waals surface area contributed by atoms with Gasteiger partial charge in [-0.1, -0.05) is 0 Å². The number of hydrogen-bond acceptors (Lipinski definition) is 3. The normalized spacial score (nSPS) is 19.8. The highest BCUT2D eigenvalue weighted by molar-refractivity contribution is 5.69. The average Bonchev–Trinajstić information content (AvgIpc) is 1.85. The Bertz CT molecular complexity index is 177. The molecule has 0 saturated carbocycles. The van der Waals surface area contributed by atoms with Gasteiger partial charge >= 0.3 is 5.97 Å². The fourth-order valence-corrected chi connectivity index (χ4v) is 0.226. The third-order valence-electron chi connectivity index (χ3n) is 0.450. The average molecular weight is 121 g/mol. The topological polar surface area (TPSA) is 52.3 Å². The van der Waals surface area contributed by atoms with Crippen LogP contribution in [0.5, 0.6) is 0 Å². The maximum Gasteiger partial charge on any atom is 0.307 e. The highest BCUT2D eigenvalue weighted by Gasteiger charge is 1.95. The van der Waals surface area contributed by atoms with Crippen molar-refractivity contribution in [2.45, 2.75) is 13.3 Å². The van der Waals surface area contributed by atoms with Gasteiger partial charge in [-0.3, -0.25) is 4.79 Å². The Hall–Kier alpha value is -0.570. The Kier molecular flexibility index (Phi) is 1.62. The summed E-state index contributed by atoms with van der Waals surface area (Å²) in [7, 11) is 0. The molecule has 0 fully saturated rings. The molecular formula is C5H11NO2. The quantitative estimate of drug-likeness (QED) is 0.530. The van der Waals surface area contributed by atoms with E-state index in [1.165, 1.54) is 6.92 Å². The summed E-state index contributed by atoms with van der Waals surface area (Å²) in [6.45, 7) is -1.23. The van der Waals surface area contributed by atoms with Crippen molar-refractivity contribution in [2.75, 3.05) is 13.1 Å². The molecule has 0 aliphatic carbocycles. The van der Waals surface area contributed by atoms with E-state index < -0.39 is 18.8 Å². The van der Waals surface area contributed by atoms with Crippen molar-refractivity contribution in [3.05, 3.63) is 0 Å². The van der Waals surface area contributed by atoms with Crippen molar-refractivity contribution >= 4 is 5.97 Å². The zero-order valence-electron chi connectivity index (χ0n) is 8.60. The van der Waals surface area contributed by atoms with Crippen LogP contribution < -0.4 is 5.73 Å². The number of carbonyl (C=O) groups is 1. The van der Waals surface area contributed by atoms with Crippen molar-refractivity contribution in [3.8, 4) is 0 Å². The van der Waals surface area contributed by atoms with Crippen LogP contribution in [0, 0.1) is 0 Å². The SMILES string of the molecule is [2H]C([2H])(N)C([2H])([2H])C(=O)OCC. The second-order valence-corrected chi connectivity index (χ2v) is 0.990. The molecule has 0 heterocycles. The molecule has 0 spiro atoms. The lowest BCUT2D eigenvalue weighted by molar-refractivity contribution is -0.142. The third-order valence-corrected chi connectivity index (χ3v) is 0.450. The van der Waals surface area contributed by atoms with Crippen molar-refractivity contribution in [3.63, 3.8) is 0 Å². The number of carbonyl (C=O) groups excluding carboxylic acids is 1. The highest BCUT2D eigenvalue weighted by Crippen LogP contribution is 1.80. The van der Waals surface area contributed by atoms with E-state index in [9.17, 15) is 4.79 Å². The van der Waals surface area contributed by atoms with E-state index in [0.29, 0.717) is 0 Å². The van der Waals surface area contributed by atoms with E-state index in [2.05, 4.69) is 4.74 Å². The molecule has 48 valence electrons. The summed E-state index contributed by atoms with van der Waals surface area (Å²) in [6, 6.07) is 0. The number of nitrogens with two attached hydrogens (primary N) is 1. The van der Waals surface area contributed by atoms with E-state index >= 15 is 0 Å². The van der Waals surface area contributed by atoms with E-state index in [4.69, 9.17) is 11.2 Å². The smallest absolute Gasteiger partial charge is 0.307 e.